The number of hydrogen-bond acceptors (Lipinski definition) is 2. The second kappa shape index (κ2) is 6.92. The van der Waals surface area contributed by atoms with Crippen LogP contribution in [0.4, 0.5) is 0 Å². The average molecular weight is 263 g/mol. The first kappa shape index (κ1) is 15.2. The molecule has 4 heteroatoms. The van der Waals surface area contributed by atoms with Gasteiger partial charge in [0, 0.05) is 6.42 Å². The van der Waals surface area contributed by atoms with Crippen LogP contribution in [0.2, 0.25) is 0 Å². The number of nitrogens with one attached hydrogen (secondary N) is 1. The first-order chi connectivity index (χ1) is 8.91. The van der Waals surface area contributed by atoms with Crippen molar-refractivity contribution in [1.29, 1.82) is 0 Å². The van der Waals surface area contributed by atoms with Crippen molar-refractivity contribution in [3.63, 3.8) is 0 Å². The Balaban J connectivity index is 2.70. The van der Waals surface area contributed by atoms with Crippen molar-refractivity contribution in [2.75, 3.05) is 0 Å². The van der Waals surface area contributed by atoms with Crippen LogP contribution in [0.5, 0.6) is 0 Å². The fourth-order valence-electron chi connectivity index (χ4n) is 1.68. The van der Waals surface area contributed by atoms with Gasteiger partial charge in [0.2, 0.25) is 5.91 Å². The maximum absolute atomic E-state index is 11.9. The molecule has 2 unspecified atom stereocenters. The van der Waals surface area contributed by atoms with Gasteiger partial charge in [-0.15, -0.1) is 0 Å². The second-order valence-corrected chi connectivity index (χ2v) is 5.17. The van der Waals surface area contributed by atoms with Gasteiger partial charge in [-0.25, -0.2) is 4.79 Å². The largest absolute Gasteiger partial charge is 0.479 e. The van der Waals surface area contributed by atoms with E-state index < -0.39 is 12.0 Å². The Hall–Kier alpha value is -1.84. The molecule has 0 aliphatic rings. The molecule has 0 aliphatic carbocycles. The van der Waals surface area contributed by atoms with Crippen molar-refractivity contribution in [1.82, 2.24) is 5.32 Å². The summed E-state index contributed by atoms with van der Waals surface area (Å²) in [5.41, 5.74) is 0.584. The predicted molar refractivity (Wildman–Crippen MR) is 73.6 cm³/mol. The van der Waals surface area contributed by atoms with Crippen molar-refractivity contribution in [2.24, 2.45) is 11.8 Å². The number of carboxylic acid groups (broad SMARTS) is 1. The van der Waals surface area contributed by atoms with Gasteiger partial charge in [0.25, 0.3) is 0 Å². The third kappa shape index (κ3) is 4.73. The quantitative estimate of drug-likeness (QED) is 0.829. The molecule has 0 spiro atoms. The molecule has 0 saturated heterocycles. The zero-order valence-corrected chi connectivity index (χ0v) is 11.6. The maximum Gasteiger partial charge on any atom is 0.330 e. The van der Waals surface area contributed by atoms with Crippen molar-refractivity contribution < 1.29 is 14.7 Å². The lowest BCUT2D eigenvalue weighted by atomic mass is 9.94. The Morgan fingerprint density at radius 2 is 1.74 bits per heavy atom. The minimum Gasteiger partial charge on any atom is -0.479 e. The number of amides is 1. The van der Waals surface area contributed by atoms with Crippen molar-refractivity contribution in [3.8, 4) is 0 Å². The van der Waals surface area contributed by atoms with Gasteiger partial charge in [-0.3, -0.25) is 4.79 Å². The average Bonchev–Trinajstić information content (AvgIpc) is 2.36. The van der Waals surface area contributed by atoms with Crippen LogP contribution in [-0.4, -0.2) is 17.0 Å². The molecule has 19 heavy (non-hydrogen) atoms. The molecule has 0 saturated carbocycles. The summed E-state index contributed by atoms with van der Waals surface area (Å²) in [7, 11) is 0. The predicted octanol–water partition coefficient (Wildman–Crippen LogP) is 2.61. The number of rotatable bonds is 6. The highest BCUT2D eigenvalue weighted by Gasteiger charge is 2.23. The standard InChI is InChI=1S/C15H21NO3/c1-10(2)11(3)9-13(17)16-14(15(18)19)12-7-5-4-6-8-12/h4-8,10-11,14H,9H2,1-3H3,(H,16,17)(H,18,19). The van der Waals surface area contributed by atoms with E-state index >= 15 is 0 Å². The van der Waals surface area contributed by atoms with E-state index in [0.717, 1.165) is 0 Å². The smallest absolute Gasteiger partial charge is 0.330 e. The van der Waals surface area contributed by atoms with Crippen molar-refractivity contribution >= 4 is 11.9 Å². The summed E-state index contributed by atoms with van der Waals surface area (Å²) in [6.45, 7) is 6.08. The Labute approximate surface area is 113 Å². The SMILES string of the molecule is CC(C)C(C)CC(=O)NC(C(=O)O)c1ccccc1. The number of benzene rings is 1. The topological polar surface area (TPSA) is 66.4 Å². The van der Waals surface area contributed by atoms with Crippen LogP contribution in [0.1, 0.15) is 38.8 Å². The number of aliphatic carboxylic acids is 1. The molecule has 0 radical (unpaired) electrons. The van der Waals surface area contributed by atoms with Gasteiger partial charge in [0.15, 0.2) is 6.04 Å². The minimum atomic E-state index is -1.04. The van der Waals surface area contributed by atoms with Crippen LogP contribution in [0, 0.1) is 11.8 Å². The van der Waals surface area contributed by atoms with Crippen LogP contribution in [0.15, 0.2) is 30.3 Å². The normalized spacial score (nSPS) is 13.9. The van der Waals surface area contributed by atoms with Gasteiger partial charge in [-0.2, -0.15) is 0 Å². The molecule has 1 amide bonds. The Bertz CT molecular complexity index is 428. The molecule has 0 aromatic heterocycles. The molecule has 1 rings (SSSR count). The molecule has 2 N–H and O–H groups in total. The zero-order chi connectivity index (χ0) is 14.4. The first-order valence-corrected chi connectivity index (χ1v) is 6.49. The third-order valence-corrected chi connectivity index (χ3v) is 3.33. The lowest BCUT2D eigenvalue weighted by Crippen LogP contribution is -2.34. The number of carbonyl (C=O) groups is 2. The van der Waals surface area contributed by atoms with Gasteiger partial charge in [-0.05, 0) is 17.4 Å². The summed E-state index contributed by atoms with van der Waals surface area (Å²) < 4.78 is 0. The van der Waals surface area contributed by atoms with Gasteiger partial charge in [0.1, 0.15) is 0 Å². The lowest BCUT2D eigenvalue weighted by molar-refractivity contribution is -0.142. The Kier molecular flexibility index (Phi) is 5.55. The molecular weight excluding hydrogens is 242 g/mol. The monoisotopic (exact) mass is 263 g/mol. The van der Waals surface area contributed by atoms with Crippen LogP contribution in [-0.2, 0) is 9.59 Å². The van der Waals surface area contributed by atoms with E-state index in [2.05, 4.69) is 5.32 Å². The van der Waals surface area contributed by atoms with E-state index in [1.54, 1.807) is 24.3 Å². The summed E-state index contributed by atoms with van der Waals surface area (Å²) >= 11 is 0. The van der Waals surface area contributed by atoms with Gasteiger partial charge < -0.3 is 10.4 Å². The minimum absolute atomic E-state index is 0.225. The summed E-state index contributed by atoms with van der Waals surface area (Å²) in [5.74, 6) is -0.648. The highest BCUT2D eigenvalue weighted by atomic mass is 16.4. The Morgan fingerprint density at radius 3 is 2.21 bits per heavy atom. The molecule has 104 valence electrons. The van der Waals surface area contributed by atoms with Crippen LogP contribution >= 0.6 is 0 Å². The molecule has 4 nitrogen and oxygen atoms in total. The van der Waals surface area contributed by atoms with E-state index in [1.165, 1.54) is 0 Å². The van der Waals surface area contributed by atoms with Crippen LogP contribution in [0.3, 0.4) is 0 Å². The van der Waals surface area contributed by atoms with Gasteiger partial charge in [0.05, 0.1) is 0 Å². The van der Waals surface area contributed by atoms with Gasteiger partial charge in [-0.1, -0.05) is 51.1 Å². The van der Waals surface area contributed by atoms with E-state index in [-0.39, 0.29) is 11.8 Å². The summed E-state index contributed by atoms with van der Waals surface area (Å²) in [5, 5.41) is 11.8. The van der Waals surface area contributed by atoms with E-state index in [1.807, 2.05) is 26.8 Å². The van der Waals surface area contributed by atoms with Crippen LogP contribution < -0.4 is 5.32 Å². The lowest BCUT2D eigenvalue weighted by Gasteiger charge is -2.18. The van der Waals surface area contributed by atoms with Crippen molar-refractivity contribution in [2.45, 2.75) is 33.2 Å². The zero-order valence-electron chi connectivity index (χ0n) is 11.6. The molecule has 1 aromatic rings. The molecule has 2 atom stereocenters. The second-order valence-electron chi connectivity index (χ2n) is 5.17. The summed E-state index contributed by atoms with van der Waals surface area (Å²) in [6.07, 6.45) is 0.342. The molecular formula is C15H21NO3. The highest BCUT2D eigenvalue weighted by molar-refractivity contribution is 5.84. The van der Waals surface area contributed by atoms with E-state index in [9.17, 15) is 14.7 Å². The maximum atomic E-state index is 11.9. The summed E-state index contributed by atoms with van der Waals surface area (Å²) in [4.78, 5) is 23.1. The fourth-order valence-corrected chi connectivity index (χ4v) is 1.68. The number of hydrogen-bond donors (Lipinski definition) is 2. The molecule has 0 heterocycles. The fraction of sp³-hybridized carbons (Fsp3) is 0.467. The Morgan fingerprint density at radius 1 is 1.16 bits per heavy atom. The molecule has 0 fully saturated rings. The molecule has 0 aliphatic heterocycles. The third-order valence-electron chi connectivity index (χ3n) is 3.33. The van der Waals surface area contributed by atoms with Crippen molar-refractivity contribution in [3.05, 3.63) is 35.9 Å². The van der Waals surface area contributed by atoms with Gasteiger partial charge >= 0.3 is 5.97 Å². The van der Waals surface area contributed by atoms with E-state index in [0.29, 0.717) is 17.9 Å². The number of carbonyl (C=O) groups excluding carboxylic acids is 1. The highest BCUT2D eigenvalue weighted by Crippen LogP contribution is 2.16. The van der Waals surface area contributed by atoms with E-state index in [4.69, 9.17) is 0 Å². The molecule has 0 bridgehead atoms. The number of carboxylic acids is 1. The summed E-state index contributed by atoms with van der Waals surface area (Å²) in [6, 6.07) is 7.75. The molecule has 1 aromatic carbocycles. The first-order valence-electron chi connectivity index (χ1n) is 6.49. The van der Waals surface area contributed by atoms with Crippen LogP contribution in [0.25, 0.3) is 0 Å².